The Morgan fingerprint density at radius 1 is 0.703 bits per heavy atom. The quantitative estimate of drug-likeness (QED) is 0.360. The van der Waals surface area contributed by atoms with E-state index in [1.807, 2.05) is 0 Å². The molecule has 0 amide bonds. The zero-order chi connectivity index (χ0) is 25.5. The summed E-state index contributed by atoms with van der Waals surface area (Å²) in [6, 6.07) is 5.94. The SMILES string of the molecule is O=C(OC(=NC1CCCCC1)NC1CCCCC1)c1cc2cc(c1)OCCOCCOCCOCCO2. The highest BCUT2D eigenvalue weighted by Gasteiger charge is 2.22. The van der Waals surface area contributed by atoms with Crippen LogP contribution in [0.15, 0.2) is 23.2 Å². The first-order valence-corrected chi connectivity index (χ1v) is 14.0. The standard InChI is InChI=1S/C28H42N2O7/c31-27(37-28(29-23-7-3-1-4-8-23)30-24-9-5-2-6-10-24)22-19-25-21-26(20-22)36-18-16-34-14-12-32-11-13-33-15-17-35-25/h19-21,23-24H,1-18H2,(H,29,30). The van der Waals surface area contributed by atoms with Gasteiger partial charge in [0.05, 0.1) is 51.2 Å². The van der Waals surface area contributed by atoms with Crippen LogP contribution < -0.4 is 14.8 Å². The smallest absolute Gasteiger partial charge is 0.346 e. The maximum atomic E-state index is 13.3. The molecule has 37 heavy (non-hydrogen) atoms. The van der Waals surface area contributed by atoms with Gasteiger partial charge in [-0.15, -0.1) is 0 Å². The Hall–Kier alpha value is -2.36. The summed E-state index contributed by atoms with van der Waals surface area (Å²) in [5, 5.41) is 3.44. The molecule has 0 saturated heterocycles. The van der Waals surface area contributed by atoms with Crippen molar-refractivity contribution in [2.45, 2.75) is 76.3 Å². The van der Waals surface area contributed by atoms with Crippen LogP contribution in [0.3, 0.4) is 0 Å². The van der Waals surface area contributed by atoms with E-state index in [-0.39, 0.29) is 12.1 Å². The molecule has 1 N–H and O–H groups in total. The lowest BCUT2D eigenvalue weighted by molar-refractivity contribution is 0.00432. The first kappa shape index (κ1) is 27.7. The highest BCUT2D eigenvalue weighted by Crippen LogP contribution is 2.25. The molecule has 3 aliphatic rings. The number of rotatable bonds is 3. The van der Waals surface area contributed by atoms with Crippen LogP contribution in [-0.4, -0.2) is 76.9 Å². The van der Waals surface area contributed by atoms with Crippen molar-refractivity contribution in [3.8, 4) is 11.5 Å². The number of ether oxygens (including phenoxy) is 6. The maximum absolute atomic E-state index is 13.3. The van der Waals surface area contributed by atoms with Crippen LogP contribution in [0.5, 0.6) is 11.5 Å². The van der Waals surface area contributed by atoms with Crippen molar-refractivity contribution in [2.24, 2.45) is 4.99 Å². The zero-order valence-electron chi connectivity index (χ0n) is 21.9. The van der Waals surface area contributed by atoms with Gasteiger partial charge in [-0.05, 0) is 37.8 Å². The molecular weight excluding hydrogens is 476 g/mol. The Labute approximate surface area is 220 Å². The van der Waals surface area contributed by atoms with Crippen molar-refractivity contribution in [3.63, 3.8) is 0 Å². The van der Waals surface area contributed by atoms with Crippen molar-refractivity contribution in [1.82, 2.24) is 5.32 Å². The maximum Gasteiger partial charge on any atom is 0.346 e. The van der Waals surface area contributed by atoms with Crippen LogP contribution in [-0.2, 0) is 18.9 Å². The molecular formula is C28H42N2O7. The summed E-state index contributed by atoms with van der Waals surface area (Å²) in [5.41, 5.74) is 0.352. The zero-order valence-corrected chi connectivity index (χ0v) is 21.9. The normalized spacial score (nSPS) is 21.9. The molecule has 0 atom stereocenters. The number of benzene rings is 1. The van der Waals surface area contributed by atoms with Crippen LogP contribution in [0, 0.1) is 0 Å². The van der Waals surface area contributed by atoms with Crippen LogP contribution in [0.25, 0.3) is 0 Å². The van der Waals surface area contributed by atoms with E-state index in [0.717, 1.165) is 25.7 Å². The summed E-state index contributed by atoms with van der Waals surface area (Å²) in [6.45, 7) is 3.50. The van der Waals surface area contributed by atoms with Gasteiger partial charge in [0.25, 0.3) is 6.02 Å². The fourth-order valence-electron chi connectivity index (χ4n) is 4.87. The van der Waals surface area contributed by atoms with Gasteiger partial charge in [0.1, 0.15) is 24.7 Å². The molecule has 206 valence electrons. The van der Waals surface area contributed by atoms with Gasteiger partial charge in [-0.25, -0.2) is 9.79 Å². The molecule has 2 aliphatic carbocycles. The van der Waals surface area contributed by atoms with E-state index < -0.39 is 5.97 Å². The number of nitrogens with zero attached hydrogens (tertiary/aromatic N) is 1. The van der Waals surface area contributed by atoms with E-state index in [0.29, 0.717) is 75.9 Å². The number of hydrogen-bond donors (Lipinski definition) is 1. The minimum atomic E-state index is -0.479. The van der Waals surface area contributed by atoms with Gasteiger partial charge in [0.2, 0.25) is 0 Å². The van der Waals surface area contributed by atoms with E-state index in [4.69, 9.17) is 33.4 Å². The molecule has 0 spiro atoms. The lowest BCUT2D eigenvalue weighted by atomic mass is 9.95. The lowest BCUT2D eigenvalue weighted by Crippen LogP contribution is -2.39. The van der Waals surface area contributed by atoms with Crippen molar-refractivity contribution < 1.29 is 33.2 Å². The molecule has 9 nitrogen and oxygen atoms in total. The average Bonchev–Trinajstić information content (AvgIpc) is 2.92. The second-order valence-corrected chi connectivity index (χ2v) is 9.82. The number of carbonyl (C=O) groups excluding carboxylic acids is 1. The fourth-order valence-corrected chi connectivity index (χ4v) is 4.87. The van der Waals surface area contributed by atoms with E-state index in [1.165, 1.54) is 38.5 Å². The Morgan fingerprint density at radius 3 is 1.78 bits per heavy atom. The summed E-state index contributed by atoms with van der Waals surface area (Å²) in [5.74, 6) is 0.555. The number of carbonyl (C=O) groups is 1. The van der Waals surface area contributed by atoms with E-state index in [9.17, 15) is 4.79 Å². The lowest BCUT2D eigenvalue weighted by Gasteiger charge is -2.25. The largest absolute Gasteiger partial charge is 0.491 e. The topological polar surface area (TPSA) is 96.8 Å². The van der Waals surface area contributed by atoms with Crippen molar-refractivity contribution in [2.75, 3.05) is 52.9 Å². The minimum absolute atomic E-state index is 0.193. The second-order valence-electron chi connectivity index (χ2n) is 9.82. The van der Waals surface area contributed by atoms with E-state index in [1.54, 1.807) is 18.2 Å². The van der Waals surface area contributed by atoms with Gasteiger partial charge in [-0.1, -0.05) is 38.5 Å². The van der Waals surface area contributed by atoms with Gasteiger partial charge in [-0.3, -0.25) is 0 Å². The van der Waals surface area contributed by atoms with Crippen LogP contribution >= 0.6 is 0 Å². The van der Waals surface area contributed by atoms with Crippen molar-refractivity contribution in [3.05, 3.63) is 23.8 Å². The molecule has 0 radical (unpaired) electrons. The summed E-state index contributed by atoms with van der Waals surface area (Å²) in [4.78, 5) is 18.2. The number of amidine groups is 1. The van der Waals surface area contributed by atoms with Crippen LogP contribution in [0.4, 0.5) is 0 Å². The third-order valence-electron chi connectivity index (χ3n) is 6.85. The molecule has 2 saturated carbocycles. The van der Waals surface area contributed by atoms with Gasteiger partial charge in [0.15, 0.2) is 0 Å². The summed E-state index contributed by atoms with van der Waals surface area (Å²) >= 11 is 0. The highest BCUT2D eigenvalue weighted by molar-refractivity contribution is 5.98. The predicted molar refractivity (Wildman–Crippen MR) is 140 cm³/mol. The first-order chi connectivity index (χ1) is 18.3. The van der Waals surface area contributed by atoms with E-state index in [2.05, 4.69) is 5.32 Å². The number of esters is 1. The molecule has 1 aromatic rings. The summed E-state index contributed by atoms with van der Waals surface area (Å²) < 4.78 is 34.1. The Bertz CT molecular complexity index is 819. The van der Waals surface area contributed by atoms with Crippen LogP contribution in [0.1, 0.15) is 74.6 Å². The monoisotopic (exact) mass is 518 g/mol. The van der Waals surface area contributed by atoms with Crippen LogP contribution in [0.2, 0.25) is 0 Å². The fraction of sp³-hybridized carbons (Fsp3) is 0.714. The number of fused-ring (bicyclic) bond motifs is 2. The van der Waals surface area contributed by atoms with Gasteiger partial charge < -0.3 is 33.7 Å². The summed E-state index contributed by atoms with van der Waals surface area (Å²) in [6.07, 6.45) is 11.4. The Kier molecular flexibility index (Phi) is 11.8. The molecule has 1 aliphatic heterocycles. The second kappa shape index (κ2) is 15.8. The van der Waals surface area contributed by atoms with Crippen molar-refractivity contribution in [1.29, 1.82) is 0 Å². The highest BCUT2D eigenvalue weighted by atomic mass is 16.6. The third-order valence-corrected chi connectivity index (χ3v) is 6.85. The minimum Gasteiger partial charge on any atom is -0.491 e. The molecule has 2 fully saturated rings. The predicted octanol–water partition coefficient (Wildman–Crippen LogP) is 4.28. The number of hydrogen-bond acceptors (Lipinski definition) is 8. The molecule has 1 heterocycles. The van der Waals surface area contributed by atoms with Gasteiger partial charge >= 0.3 is 5.97 Å². The molecule has 0 aromatic heterocycles. The molecule has 0 unspecified atom stereocenters. The average molecular weight is 519 g/mol. The summed E-state index contributed by atoms with van der Waals surface area (Å²) in [7, 11) is 0. The Balaban J connectivity index is 1.45. The number of nitrogens with one attached hydrogen (secondary N) is 1. The van der Waals surface area contributed by atoms with E-state index >= 15 is 0 Å². The first-order valence-electron chi connectivity index (χ1n) is 14.0. The molecule has 1 aromatic carbocycles. The molecule has 9 heteroatoms. The van der Waals surface area contributed by atoms with Gasteiger partial charge in [0, 0.05) is 12.1 Å². The molecule has 4 rings (SSSR count). The van der Waals surface area contributed by atoms with Crippen molar-refractivity contribution >= 4 is 12.0 Å². The number of aliphatic imine (C=N–C) groups is 1. The molecule has 2 bridgehead atoms. The Morgan fingerprint density at radius 2 is 1.22 bits per heavy atom. The third kappa shape index (κ3) is 10.1. The van der Waals surface area contributed by atoms with Gasteiger partial charge in [-0.2, -0.15) is 0 Å².